The molecule has 2 aliphatic rings. The first-order valence-electron chi connectivity index (χ1n) is 10.1. The summed E-state index contributed by atoms with van der Waals surface area (Å²) in [6, 6.07) is 6.84. The van der Waals surface area contributed by atoms with Crippen molar-refractivity contribution in [2.75, 3.05) is 39.3 Å². The zero-order valence-corrected chi connectivity index (χ0v) is 16.9. The number of piperazine rings is 1. The Balaban J connectivity index is 1.42. The number of hydrogen-bond acceptors (Lipinski definition) is 5. The number of rotatable bonds is 5. The predicted octanol–water partition coefficient (Wildman–Crippen LogP) is -0.822. The van der Waals surface area contributed by atoms with Crippen LogP contribution in [0.25, 0.3) is 0 Å². The van der Waals surface area contributed by atoms with Crippen LogP contribution in [0.15, 0.2) is 24.3 Å². The number of amides is 4. The Bertz CT molecular complexity index is 748. The molecule has 9 heteroatoms. The Kier molecular flexibility index (Phi) is 6.92. The summed E-state index contributed by atoms with van der Waals surface area (Å²) in [6.07, 6.45) is 0.142. The second kappa shape index (κ2) is 9.60. The van der Waals surface area contributed by atoms with E-state index >= 15 is 0 Å². The average Bonchev–Trinajstić information content (AvgIpc) is 2.73. The van der Waals surface area contributed by atoms with Gasteiger partial charge in [-0.3, -0.25) is 14.9 Å². The summed E-state index contributed by atoms with van der Waals surface area (Å²) in [6.45, 7) is 6.56. The van der Waals surface area contributed by atoms with Crippen molar-refractivity contribution in [2.45, 2.75) is 32.4 Å². The van der Waals surface area contributed by atoms with Crippen LogP contribution < -0.4 is 25.0 Å². The number of nitrogens with one attached hydrogen (secondary N) is 3. The number of quaternary nitrogens is 1. The molecule has 0 radical (unpaired) electrons. The highest BCUT2D eigenvalue weighted by molar-refractivity contribution is 5.94. The van der Waals surface area contributed by atoms with Crippen molar-refractivity contribution < 1.29 is 28.8 Å². The van der Waals surface area contributed by atoms with E-state index in [1.165, 1.54) is 0 Å². The van der Waals surface area contributed by atoms with E-state index in [4.69, 9.17) is 9.47 Å². The molecule has 0 spiro atoms. The van der Waals surface area contributed by atoms with Crippen LogP contribution in [-0.4, -0.2) is 74.2 Å². The molecule has 3 N–H and O–H groups in total. The molecule has 1 aromatic rings. The summed E-state index contributed by atoms with van der Waals surface area (Å²) in [7, 11) is 0. The minimum absolute atomic E-state index is 0.0163. The van der Waals surface area contributed by atoms with Gasteiger partial charge in [0, 0.05) is 6.04 Å². The van der Waals surface area contributed by atoms with Crippen LogP contribution in [0.4, 0.5) is 4.79 Å². The second-order valence-corrected chi connectivity index (χ2v) is 7.45. The summed E-state index contributed by atoms with van der Waals surface area (Å²) < 4.78 is 11.4. The molecule has 1 saturated heterocycles. The standard InChI is InChI=1S/C20H28N4O5/c1-3-14(2)21-20(27)22-18(25)12-23-8-10-24(11-9-23)19(26)17-13-28-15-6-4-5-7-16(15)29-17/h4-7,14,17H,3,8-13H2,1-2H3,(H2,21,22,25,27)/p+1/t14-,17-/m1/s1. The van der Waals surface area contributed by atoms with Gasteiger partial charge < -0.3 is 24.6 Å². The molecule has 3 rings (SSSR count). The van der Waals surface area contributed by atoms with E-state index in [-0.39, 0.29) is 31.0 Å². The molecule has 0 aliphatic carbocycles. The maximum Gasteiger partial charge on any atom is 0.321 e. The van der Waals surface area contributed by atoms with Crippen molar-refractivity contribution in [1.29, 1.82) is 0 Å². The zero-order chi connectivity index (χ0) is 20.8. The van der Waals surface area contributed by atoms with Gasteiger partial charge in [0.05, 0.1) is 26.2 Å². The van der Waals surface area contributed by atoms with Crippen molar-refractivity contribution in [3.63, 3.8) is 0 Å². The van der Waals surface area contributed by atoms with Crippen molar-refractivity contribution in [2.24, 2.45) is 0 Å². The maximum atomic E-state index is 12.7. The third-order valence-corrected chi connectivity index (χ3v) is 5.22. The molecule has 0 bridgehead atoms. The lowest BCUT2D eigenvalue weighted by atomic mass is 10.2. The van der Waals surface area contributed by atoms with Gasteiger partial charge in [0.25, 0.3) is 11.8 Å². The highest BCUT2D eigenvalue weighted by Crippen LogP contribution is 2.31. The topological polar surface area (TPSA) is 101 Å². The largest absolute Gasteiger partial charge is 0.485 e. The lowest BCUT2D eigenvalue weighted by Crippen LogP contribution is -3.16. The summed E-state index contributed by atoms with van der Waals surface area (Å²) in [5.41, 5.74) is 0. The van der Waals surface area contributed by atoms with E-state index in [0.29, 0.717) is 37.7 Å². The Hall–Kier alpha value is -2.81. The SMILES string of the molecule is CC[C@@H](C)NC(=O)NC(=O)C[NH+]1CCN(C(=O)[C@H]2COc3ccccc3O2)CC1. The molecule has 0 unspecified atom stereocenters. The van der Waals surface area contributed by atoms with E-state index < -0.39 is 12.1 Å². The van der Waals surface area contributed by atoms with E-state index in [1.807, 2.05) is 32.0 Å². The summed E-state index contributed by atoms with van der Waals surface area (Å²) in [5, 5.41) is 5.07. The molecule has 158 valence electrons. The van der Waals surface area contributed by atoms with Crippen LogP contribution in [-0.2, 0) is 9.59 Å². The predicted molar refractivity (Wildman–Crippen MR) is 105 cm³/mol. The number of carbonyl (C=O) groups is 3. The van der Waals surface area contributed by atoms with Gasteiger partial charge in [-0.2, -0.15) is 0 Å². The number of imide groups is 1. The summed E-state index contributed by atoms with van der Waals surface area (Å²) in [4.78, 5) is 39.3. The van der Waals surface area contributed by atoms with Crippen molar-refractivity contribution in [3.8, 4) is 11.5 Å². The number of para-hydroxylation sites is 2. The normalized spacial score (nSPS) is 19.9. The minimum Gasteiger partial charge on any atom is -0.485 e. The maximum absolute atomic E-state index is 12.7. The van der Waals surface area contributed by atoms with Crippen LogP contribution in [0.1, 0.15) is 20.3 Å². The van der Waals surface area contributed by atoms with E-state index in [2.05, 4.69) is 10.6 Å². The quantitative estimate of drug-likeness (QED) is 0.594. The van der Waals surface area contributed by atoms with Crippen molar-refractivity contribution >= 4 is 17.8 Å². The van der Waals surface area contributed by atoms with Gasteiger partial charge in [-0.05, 0) is 25.5 Å². The lowest BCUT2D eigenvalue weighted by molar-refractivity contribution is -0.896. The first-order valence-corrected chi connectivity index (χ1v) is 10.1. The molecule has 2 aliphatic heterocycles. The monoisotopic (exact) mass is 405 g/mol. The molecule has 0 saturated carbocycles. The molecule has 4 amide bonds. The smallest absolute Gasteiger partial charge is 0.321 e. The molecule has 9 nitrogen and oxygen atoms in total. The van der Waals surface area contributed by atoms with E-state index in [0.717, 1.165) is 11.3 Å². The fraction of sp³-hybridized carbons (Fsp3) is 0.550. The van der Waals surface area contributed by atoms with Gasteiger partial charge in [0.2, 0.25) is 6.10 Å². The Morgan fingerprint density at radius 3 is 2.59 bits per heavy atom. The average molecular weight is 405 g/mol. The zero-order valence-electron chi connectivity index (χ0n) is 16.9. The van der Waals surface area contributed by atoms with Crippen LogP contribution >= 0.6 is 0 Å². The highest BCUT2D eigenvalue weighted by Gasteiger charge is 2.34. The number of urea groups is 1. The van der Waals surface area contributed by atoms with Gasteiger partial charge in [-0.15, -0.1) is 0 Å². The number of hydrogen-bond donors (Lipinski definition) is 3. The summed E-state index contributed by atoms with van der Waals surface area (Å²) >= 11 is 0. The molecule has 0 aromatic heterocycles. The Morgan fingerprint density at radius 2 is 1.90 bits per heavy atom. The second-order valence-electron chi connectivity index (χ2n) is 7.45. The number of carbonyl (C=O) groups excluding carboxylic acids is 3. The molecule has 29 heavy (non-hydrogen) atoms. The Morgan fingerprint density at radius 1 is 1.21 bits per heavy atom. The first kappa shape index (κ1) is 20.9. The van der Waals surface area contributed by atoms with Crippen LogP contribution in [0, 0.1) is 0 Å². The van der Waals surface area contributed by atoms with E-state index in [9.17, 15) is 14.4 Å². The number of ether oxygens (including phenoxy) is 2. The molecule has 2 heterocycles. The Labute approximate surface area is 170 Å². The number of fused-ring (bicyclic) bond motifs is 1. The molecular weight excluding hydrogens is 376 g/mol. The molecule has 1 fully saturated rings. The minimum atomic E-state index is -0.654. The van der Waals surface area contributed by atoms with Gasteiger partial charge in [-0.1, -0.05) is 19.1 Å². The van der Waals surface area contributed by atoms with Gasteiger partial charge in [-0.25, -0.2) is 4.79 Å². The van der Waals surface area contributed by atoms with Crippen LogP contribution in [0.3, 0.4) is 0 Å². The van der Waals surface area contributed by atoms with Gasteiger partial charge >= 0.3 is 6.03 Å². The van der Waals surface area contributed by atoms with Gasteiger partial charge in [0.15, 0.2) is 18.0 Å². The lowest BCUT2D eigenvalue weighted by Gasteiger charge is -2.35. The molecule has 2 atom stereocenters. The van der Waals surface area contributed by atoms with E-state index in [1.54, 1.807) is 11.0 Å². The number of benzene rings is 1. The summed E-state index contributed by atoms with van der Waals surface area (Å²) in [5.74, 6) is 0.806. The first-order chi connectivity index (χ1) is 14.0. The third kappa shape index (κ3) is 5.60. The molecular formula is C20H29N4O5+. The van der Waals surface area contributed by atoms with Crippen molar-refractivity contribution in [3.05, 3.63) is 24.3 Å². The third-order valence-electron chi connectivity index (χ3n) is 5.22. The fourth-order valence-corrected chi connectivity index (χ4v) is 3.32. The fourth-order valence-electron chi connectivity index (χ4n) is 3.32. The van der Waals surface area contributed by atoms with Crippen LogP contribution in [0.5, 0.6) is 11.5 Å². The van der Waals surface area contributed by atoms with Gasteiger partial charge in [0.1, 0.15) is 6.61 Å². The van der Waals surface area contributed by atoms with Crippen LogP contribution in [0.2, 0.25) is 0 Å². The van der Waals surface area contributed by atoms with Crippen molar-refractivity contribution in [1.82, 2.24) is 15.5 Å². The highest BCUT2D eigenvalue weighted by atomic mass is 16.6. The number of nitrogens with zero attached hydrogens (tertiary/aromatic N) is 1. The molecule has 1 aromatic carbocycles.